The highest BCUT2D eigenvalue weighted by molar-refractivity contribution is 7.92. The highest BCUT2D eigenvalue weighted by Gasteiger charge is 2.30. The van der Waals surface area contributed by atoms with Crippen LogP contribution in [0.15, 0.2) is 77.7 Å². The number of nitrogens with zero attached hydrogens (tertiary/aromatic N) is 1. The molecule has 0 saturated carbocycles. The molecule has 0 bridgehead atoms. The van der Waals surface area contributed by atoms with E-state index in [0.717, 1.165) is 11.1 Å². The molecule has 0 heterocycles. The fraction of sp³-hybridized carbons (Fsp3) is 0.182. The Morgan fingerprint density at radius 1 is 0.893 bits per heavy atom. The number of halogens is 1. The van der Waals surface area contributed by atoms with Crippen molar-refractivity contribution in [2.75, 3.05) is 11.4 Å². The highest BCUT2D eigenvalue weighted by Crippen LogP contribution is 2.34. The van der Waals surface area contributed by atoms with Gasteiger partial charge in [0.2, 0.25) is 0 Å². The molecule has 0 aliphatic rings. The van der Waals surface area contributed by atoms with E-state index in [1.165, 1.54) is 16.4 Å². The van der Waals surface area contributed by atoms with E-state index in [1.54, 1.807) is 43.5 Å². The SMILES string of the molecule is COc1ccc(N([C@@H](C)c2ccc(C)cc2)S(=O)(=O)c2ccc(Cl)cc2)cc1. The molecular weight excluding hydrogens is 394 g/mol. The van der Waals surface area contributed by atoms with Crippen molar-refractivity contribution in [2.24, 2.45) is 0 Å². The second-order valence-electron chi connectivity index (χ2n) is 6.54. The molecule has 146 valence electrons. The minimum Gasteiger partial charge on any atom is -0.497 e. The third kappa shape index (κ3) is 4.16. The van der Waals surface area contributed by atoms with Gasteiger partial charge in [-0.1, -0.05) is 41.4 Å². The van der Waals surface area contributed by atoms with Crippen LogP contribution >= 0.6 is 11.6 Å². The van der Waals surface area contributed by atoms with Gasteiger partial charge in [0.05, 0.1) is 23.7 Å². The summed E-state index contributed by atoms with van der Waals surface area (Å²) in [6, 6.07) is 20.7. The molecule has 0 N–H and O–H groups in total. The zero-order valence-corrected chi connectivity index (χ0v) is 17.5. The second-order valence-corrected chi connectivity index (χ2v) is 8.79. The maximum atomic E-state index is 13.5. The van der Waals surface area contributed by atoms with Gasteiger partial charge in [0, 0.05) is 5.02 Å². The molecule has 0 aliphatic heterocycles. The van der Waals surface area contributed by atoms with Crippen molar-refractivity contribution in [1.82, 2.24) is 0 Å². The zero-order chi connectivity index (χ0) is 20.3. The Morgan fingerprint density at radius 3 is 2.00 bits per heavy atom. The summed E-state index contributed by atoms with van der Waals surface area (Å²) in [7, 11) is -2.24. The first-order chi connectivity index (χ1) is 13.3. The van der Waals surface area contributed by atoms with Crippen LogP contribution in [0.5, 0.6) is 5.75 Å². The largest absolute Gasteiger partial charge is 0.497 e. The van der Waals surface area contributed by atoms with Crippen molar-refractivity contribution in [2.45, 2.75) is 24.8 Å². The molecule has 0 amide bonds. The van der Waals surface area contributed by atoms with Crippen molar-refractivity contribution in [3.05, 3.63) is 88.9 Å². The number of benzene rings is 3. The van der Waals surface area contributed by atoms with Crippen LogP contribution in [0.2, 0.25) is 5.02 Å². The van der Waals surface area contributed by atoms with Gasteiger partial charge in [-0.05, 0) is 67.9 Å². The average molecular weight is 416 g/mol. The molecule has 4 nitrogen and oxygen atoms in total. The van der Waals surface area contributed by atoms with Crippen molar-refractivity contribution in [1.29, 1.82) is 0 Å². The highest BCUT2D eigenvalue weighted by atomic mass is 35.5. The minimum atomic E-state index is -3.81. The Morgan fingerprint density at radius 2 is 1.46 bits per heavy atom. The quantitative estimate of drug-likeness (QED) is 0.525. The third-order valence-electron chi connectivity index (χ3n) is 4.61. The van der Waals surface area contributed by atoms with Gasteiger partial charge in [0.15, 0.2) is 0 Å². The Balaban J connectivity index is 2.12. The number of aryl methyl sites for hydroxylation is 1. The van der Waals surface area contributed by atoms with E-state index >= 15 is 0 Å². The summed E-state index contributed by atoms with van der Waals surface area (Å²) in [6.07, 6.45) is 0. The predicted molar refractivity (Wildman–Crippen MR) is 114 cm³/mol. The maximum absolute atomic E-state index is 13.5. The molecule has 3 aromatic rings. The van der Waals surface area contributed by atoms with Crippen LogP contribution in [0.3, 0.4) is 0 Å². The molecule has 6 heteroatoms. The summed E-state index contributed by atoms with van der Waals surface area (Å²) in [5.74, 6) is 0.663. The van der Waals surface area contributed by atoms with Gasteiger partial charge in [0.1, 0.15) is 5.75 Å². The normalized spacial score (nSPS) is 12.4. The molecule has 0 saturated heterocycles. The molecule has 0 aliphatic carbocycles. The standard InChI is InChI=1S/C22H22ClNO3S/c1-16-4-6-18(7-5-16)17(2)24(20-10-12-21(27-3)13-11-20)28(25,26)22-14-8-19(23)9-15-22/h4-15,17H,1-3H3/t17-/m0/s1. The first-order valence-corrected chi connectivity index (χ1v) is 10.7. The number of sulfonamides is 1. The van der Waals surface area contributed by atoms with E-state index in [-0.39, 0.29) is 4.90 Å². The van der Waals surface area contributed by atoms with Gasteiger partial charge in [-0.15, -0.1) is 0 Å². The van der Waals surface area contributed by atoms with E-state index < -0.39 is 16.1 Å². The topological polar surface area (TPSA) is 46.6 Å². The summed E-state index contributed by atoms with van der Waals surface area (Å²) in [6.45, 7) is 3.88. The lowest BCUT2D eigenvalue weighted by Crippen LogP contribution is -2.33. The van der Waals surface area contributed by atoms with Crippen molar-refractivity contribution >= 4 is 27.3 Å². The molecule has 1 atom stereocenters. The van der Waals surface area contributed by atoms with Crippen molar-refractivity contribution < 1.29 is 13.2 Å². The van der Waals surface area contributed by atoms with Crippen molar-refractivity contribution in [3.63, 3.8) is 0 Å². The zero-order valence-electron chi connectivity index (χ0n) is 16.0. The van der Waals surface area contributed by atoms with Gasteiger partial charge in [0.25, 0.3) is 10.0 Å². The van der Waals surface area contributed by atoms with Gasteiger partial charge in [-0.3, -0.25) is 4.31 Å². The Bertz CT molecular complexity index is 1030. The lowest BCUT2D eigenvalue weighted by Gasteiger charge is -2.31. The first kappa shape index (κ1) is 20.2. The summed E-state index contributed by atoms with van der Waals surface area (Å²) in [5, 5.41) is 0.488. The summed E-state index contributed by atoms with van der Waals surface area (Å²) < 4.78 is 33.7. The molecule has 0 aromatic heterocycles. The molecule has 3 rings (SSSR count). The van der Waals surface area contributed by atoms with E-state index in [2.05, 4.69) is 0 Å². The van der Waals surface area contributed by atoms with E-state index in [1.807, 2.05) is 38.1 Å². The summed E-state index contributed by atoms with van der Waals surface area (Å²) in [4.78, 5) is 0.187. The first-order valence-electron chi connectivity index (χ1n) is 8.83. The Kier molecular flexibility index (Phi) is 5.96. The fourth-order valence-corrected chi connectivity index (χ4v) is 4.77. The molecule has 0 fully saturated rings. The number of methoxy groups -OCH3 is 1. The van der Waals surface area contributed by atoms with Crippen LogP contribution in [0.25, 0.3) is 0 Å². The van der Waals surface area contributed by atoms with Crippen LogP contribution in [0, 0.1) is 6.92 Å². The third-order valence-corrected chi connectivity index (χ3v) is 6.77. The van der Waals surface area contributed by atoms with Crippen LogP contribution < -0.4 is 9.04 Å². The van der Waals surface area contributed by atoms with E-state index in [0.29, 0.717) is 16.5 Å². The monoisotopic (exact) mass is 415 g/mol. The Labute approximate surface area is 171 Å². The predicted octanol–water partition coefficient (Wildman–Crippen LogP) is 5.61. The molecule has 3 aromatic carbocycles. The van der Waals surface area contributed by atoms with Gasteiger partial charge in [-0.2, -0.15) is 0 Å². The van der Waals surface area contributed by atoms with Crippen LogP contribution in [-0.2, 0) is 10.0 Å². The molecule has 0 spiro atoms. The smallest absolute Gasteiger partial charge is 0.264 e. The lowest BCUT2D eigenvalue weighted by molar-refractivity contribution is 0.415. The number of ether oxygens (including phenoxy) is 1. The van der Waals surface area contributed by atoms with Crippen molar-refractivity contribution in [3.8, 4) is 5.75 Å². The molecular formula is C22H22ClNO3S. The second kappa shape index (κ2) is 8.25. The van der Waals surface area contributed by atoms with Crippen LogP contribution in [0.1, 0.15) is 24.1 Å². The Hall–Kier alpha value is -2.50. The average Bonchev–Trinajstić information content (AvgIpc) is 2.69. The van der Waals surface area contributed by atoms with Gasteiger partial charge >= 0.3 is 0 Å². The lowest BCUT2D eigenvalue weighted by atomic mass is 10.1. The van der Waals surface area contributed by atoms with Crippen LogP contribution in [-0.4, -0.2) is 15.5 Å². The number of anilines is 1. The maximum Gasteiger partial charge on any atom is 0.264 e. The summed E-state index contributed by atoms with van der Waals surface area (Å²) in [5.41, 5.74) is 2.58. The number of hydrogen-bond acceptors (Lipinski definition) is 3. The number of hydrogen-bond donors (Lipinski definition) is 0. The molecule has 0 radical (unpaired) electrons. The molecule has 28 heavy (non-hydrogen) atoms. The number of rotatable bonds is 6. The summed E-state index contributed by atoms with van der Waals surface area (Å²) >= 11 is 5.94. The van der Waals surface area contributed by atoms with Gasteiger partial charge in [-0.25, -0.2) is 8.42 Å². The van der Waals surface area contributed by atoms with Crippen LogP contribution in [0.4, 0.5) is 5.69 Å². The fourth-order valence-electron chi connectivity index (χ4n) is 3.00. The van der Waals surface area contributed by atoms with E-state index in [9.17, 15) is 8.42 Å². The van der Waals surface area contributed by atoms with Gasteiger partial charge < -0.3 is 4.74 Å². The van der Waals surface area contributed by atoms with E-state index in [4.69, 9.17) is 16.3 Å². The minimum absolute atomic E-state index is 0.187. The molecule has 0 unspecified atom stereocenters.